The lowest BCUT2D eigenvalue weighted by Gasteiger charge is -2.29. The van der Waals surface area contributed by atoms with Crippen LogP contribution in [0.25, 0.3) is 11.2 Å². The highest BCUT2D eigenvalue weighted by molar-refractivity contribution is 7.85. The van der Waals surface area contributed by atoms with Crippen molar-refractivity contribution in [3.8, 4) is 0 Å². The first-order chi connectivity index (χ1) is 12.1. The third-order valence-electron chi connectivity index (χ3n) is 4.21. The summed E-state index contributed by atoms with van der Waals surface area (Å²) in [7, 11) is -0.784. The Morgan fingerprint density at radius 3 is 2.28 bits per heavy atom. The molecule has 2 aliphatic rings. The molecule has 0 atom stereocenters. The monoisotopic (exact) mass is 402 g/mol. The molecule has 2 saturated heterocycles. The van der Waals surface area contributed by atoms with Crippen LogP contribution in [0.4, 0.5) is 11.6 Å². The number of rotatable bonds is 2. The average molecular weight is 403 g/mol. The Labute approximate surface area is 157 Å². The van der Waals surface area contributed by atoms with Crippen LogP contribution in [0.5, 0.6) is 0 Å². The van der Waals surface area contributed by atoms with Crippen LogP contribution in [0.1, 0.15) is 0 Å². The van der Waals surface area contributed by atoms with Crippen LogP contribution >= 0.6 is 23.2 Å². The van der Waals surface area contributed by atoms with Crippen molar-refractivity contribution >= 4 is 56.8 Å². The number of aromatic nitrogens is 4. The lowest BCUT2D eigenvalue weighted by atomic mass is 10.3. The minimum atomic E-state index is -0.784. The zero-order chi connectivity index (χ0) is 17.4. The van der Waals surface area contributed by atoms with Crippen molar-refractivity contribution < 1.29 is 8.95 Å². The minimum Gasteiger partial charge on any atom is -0.378 e. The van der Waals surface area contributed by atoms with Gasteiger partial charge in [-0.2, -0.15) is 9.97 Å². The Bertz CT molecular complexity index is 823. The summed E-state index contributed by atoms with van der Waals surface area (Å²) in [5.74, 6) is 2.36. The van der Waals surface area contributed by atoms with E-state index in [1.807, 2.05) is 9.80 Å². The van der Waals surface area contributed by atoms with Gasteiger partial charge in [0.15, 0.2) is 28.0 Å². The quantitative estimate of drug-likeness (QED) is 0.691. The summed E-state index contributed by atoms with van der Waals surface area (Å²) in [6.45, 7) is 3.89. The Kier molecular flexibility index (Phi) is 4.90. The molecular formula is C14H16Cl2N6O2S. The summed E-state index contributed by atoms with van der Waals surface area (Å²) < 4.78 is 17.0. The molecule has 134 valence electrons. The van der Waals surface area contributed by atoms with Gasteiger partial charge in [0, 0.05) is 48.5 Å². The highest BCUT2D eigenvalue weighted by Gasteiger charge is 2.24. The molecule has 4 heterocycles. The third-order valence-corrected chi connectivity index (χ3v) is 5.91. The van der Waals surface area contributed by atoms with E-state index in [0.29, 0.717) is 78.9 Å². The van der Waals surface area contributed by atoms with Gasteiger partial charge in [-0.25, -0.2) is 9.97 Å². The van der Waals surface area contributed by atoms with Gasteiger partial charge in [0.25, 0.3) is 0 Å². The Balaban J connectivity index is 1.77. The number of morpholine rings is 1. The minimum absolute atomic E-state index is 0.110. The first kappa shape index (κ1) is 17.1. The Hall–Kier alpha value is -1.29. The molecule has 11 heteroatoms. The molecule has 2 aromatic heterocycles. The van der Waals surface area contributed by atoms with Crippen molar-refractivity contribution in [1.29, 1.82) is 0 Å². The van der Waals surface area contributed by atoms with E-state index in [1.165, 1.54) is 0 Å². The largest absolute Gasteiger partial charge is 0.378 e. The molecule has 0 bridgehead atoms. The van der Waals surface area contributed by atoms with Crippen LogP contribution in [0.2, 0.25) is 10.4 Å². The second kappa shape index (κ2) is 7.14. The molecule has 0 radical (unpaired) electrons. The first-order valence-corrected chi connectivity index (χ1v) is 10.2. The van der Waals surface area contributed by atoms with E-state index in [0.717, 1.165) is 0 Å². The lowest BCUT2D eigenvalue weighted by molar-refractivity contribution is 0.122. The number of anilines is 2. The van der Waals surface area contributed by atoms with E-state index >= 15 is 0 Å². The van der Waals surface area contributed by atoms with Gasteiger partial charge in [-0.3, -0.25) is 4.21 Å². The van der Waals surface area contributed by atoms with Gasteiger partial charge in [0.1, 0.15) is 0 Å². The second-order valence-electron chi connectivity index (χ2n) is 5.76. The van der Waals surface area contributed by atoms with Crippen molar-refractivity contribution in [3.05, 3.63) is 10.4 Å². The molecule has 25 heavy (non-hydrogen) atoms. The maximum atomic E-state index is 11.6. The zero-order valence-electron chi connectivity index (χ0n) is 13.3. The molecule has 0 amide bonds. The number of fused-ring (bicyclic) bond motifs is 1. The SMILES string of the molecule is O=S1CCN(c2nc(Cl)nc3nc(N4CCOCC4)c(Cl)nc23)CC1. The van der Waals surface area contributed by atoms with Crippen molar-refractivity contribution in [2.75, 3.05) is 60.7 Å². The van der Waals surface area contributed by atoms with Crippen LogP contribution < -0.4 is 9.80 Å². The second-order valence-corrected chi connectivity index (χ2v) is 8.15. The summed E-state index contributed by atoms with van der Waals surface area (Å²) in [5.41, 5.74) is 0.923. The van der Waals surface area contributed by atoms with Gasteiger partial charge in [-0.05, 0) is 11.6 Å². The predicted octanol–water partition coefficient (Wildman–Crippen LogP) is 1.13. The summed E-state index contributed by atoms with van der Waals surface area (Å²) in [6, 6.07) is 0. The molecule has 0 aliphatic carbocycles. The topological polar surface area (TPSA) is 84.3 Å². The fourth-order valence-corrected chi connectivity index (χ4v) is 4.38. The molecule has 0 N–H and O–H groups in total. The van der Waals surface area contributed by atoms with Gasteiger partial charge in [-0.1, -0.05) is 11.6 Å². The molecule has 2 aliphatic heterocycles. The predicted molar refractivity (Wildman–Crippen MR) is 98.3 cm³/mol. The van der Waals surface area contributed by atoms with E-state index in [1.54, 1.807) is 0 Å². The maximum Gasteiger partial charge on any atom is 0.226 e. The number of hydrogen-bond acceptors (Lipinski definition) is 8. The maximum absolute atomic E-state index is 11.6. The summed E-state index contributed by atoms with van der Waals surface area (Å²) >= 11 is 12.5. The van der Waals surface area contributed by atoms with Crippen LogP contribution in [0.3, 0.4) is 0 Å². The molecule has 0 spiro atoms. The van der Waals surface area contributed by atoms with Gasteiger partial charge in [0.2, 0.25) is 5.28 Å². The lowest BCUT2D eigenvalue weighted by Crippen LogP contribution is -2.38. The molecule has 4 rings (SSSR count). The zero-order valence-corrected chi connectivity index (χ0v) is 15.6. The summed E-state index contributed by atoms with van der Waals surface area (Å²) in [6.07, 6.45) is 0. The van der Waals surface area contributed by atoms with Gasteiger partial charge in [-0.15, -0.1) is 0 Å². The van der Waals surface area contributed by atoms with Crippen molar-refractivity contribution in [3.63, 3.8) is 0 Å². The molecule has 2 aromatic rings. The van der Waals surface area contributed by atoms with Crippen molar-refractivity contribution in [1.82, 2.24) is 19.9 Å². The highest BCUT2D eigenvalue weighted by Crippen LogP contribution is 2.30. The highest BCUT2D eigenvalue weighted by atomic mass is 35.5. The molecule has 0 unspecified atom stereocenters. The van der Waals surface area contributed by atoms with Crippen molar-refractivity contribution in [2.24, 2.45) is 0 Å². The van der Waals surface area contributed by atoms with Gasteiger partial charge >= 0.3 is 0 Å². The summed E-state index contributed by atoms with van der Waals surface area (Å²) in [4.78, 5) is 21.7. The summed E-state index contributed by atoms with van der Waals surface area (Å²) in [5, 5.41) is 0.418. The molecule has 0 saturated carbocycles. The van der Waals surface area contributed by atoms with Crippen LogP contribution in [0.15, 0.2) is 0 Å². The Morgan fingerprint density at radius 1 is 0.880 bits per heavy atom. The average Bonchev–Trinajstić information content (AvgIpc) is 2.62. The van der Waals surface area contributed by atoms with E-state index in [-0.39, 0.29) is 5.28 Å². The number of nitrogens with zero attached hydrogens (tertiary/aromatic N) is 6. The van der Waals surface area contributed by atoms with Crippen LogP contribution in [-0.2, 0) is 15.5 Å². The van der Waals surface area contributed by atoms with E-state index in [2.05, 4.69) is 19.9 Å². The first-order valence-electron chi connectivity index (χ1n) is 7.95. The normalized spacial score (nSPS) is 19.6. The standard InChI is InChI=1S/C14H16Cl2N6O2S/c15-10-13(21-1-5-24-6-2-21)18-11-9(17-10)12(20-14(16)19-11)22-3-7-25(23)8-4-22/h1-8H2. The molecular weight excluding hydrogens is 387 g/mol. The fourth-order valence-electron chi connectivity index (χ4n) is 2.92. The van der Waals surface area contributed by atoms with Gasteiger partial charge in [0.05, 0.1) is 13.2 Å². The van der Waals surface area contributed by atoms with E-state index in [9.17, 15) is 4.21 Å². The Morgan fingerprint density at radius 2 is 1.56 bits per heavy atom. The number of halogens is 2. The van der Waals surface area contributed by atoms with Gasteiger partial charge < -0.3 is 14.5 Å². The van der Waals surface area contributed by atoms with Crippen LogP contribution in [0, 0.1) is 0 Å². The third kappa shape index (κ3) is 3.51. The number of ether oxygens (including phenoxy) is 1. The molecule has 0 aromatic carbocycles. The molecule has 8 nitrogen and oxygen atoms in total. The van der Waals surface area contributed by atoms with E-state index < -0.39 is 10.8 Å². The van der Waals surface area contributed by atoms with E-state index in [4.69, 9.17) is 27.9 Å². The smallest absolute Gasteiger partial charge is 0.226 e. The van der Waals surface area contributed by atoms with Crippen LogP contribution in [-0.4, -0.2) is 75.0 Å². The molecule has 2 fully saturated rings. The number of hydrogen-bond donors (Lipinski definition) is 0. The van der Waals surface area contributed by atoms with Crippen molar-refractivity contribution in [2.45, 2.75) is 0 Å². The fraction of sp³-hybridized carbons (Fsp3) is 0.571.